The van der Waals surface area contributed by atoms with Crippen LogP contribution in [0.25, 0.3) is 0 Å². The van der Waals surface area contributed by atoms with Crippen LogP contribution in [0, 0.1) is 6.92 Å². The summed E-state index contributed by atoms with van der Waals surface area (Å²) in [7, 11) is 0. The SMILES string of the molecule is Cc1cc(Nc2ccc(NC(=O)c3cccs3)nn2)ccc1Br. The maximum absolute atomic E-state index is 11.9. The summed E-state index contributed by atoms with van der Waals surface area (Å²) in [6.07, 6.45) is 0. The molecule has 1 aromatic carbocycles. The zero-order valence-corrected chi connectivity index (χ0v) is 14.6. The van der Waals surface area contributed by atoms with Crippen molar-refractivity contribution in [3.8, 4) is 0 Å². The molecule has 0 aliphatic carbocycles. The summed E-state index contributed by atoms with van der Waals surface area (Å²) in [4.78, 5) is 12.6. The molecule has 0 saturated heterocycles. The number of halogens is 1. The molecule has 23 heavy (non-hydrogen) atoms. The molecule has 0 spiro atoms. The lowest BCUT2D eigenvalue weighted by atomic mass is 10.2. The van der Waals surface area contributed by atoms with Crippen LogP contribution in [0.3, 0.4) is 0 Å². The molecule has 0 radical (unpaired) electrons. The summed E-state index contributed by atoms with van der Waals surface area (Å²) >= 11 is 4.85. The lowest BCUT2D eigenvalue weighted by Crippen LogP contribution is -2.12. The molecular weight excluding hydrogens is 376 g/mol. The lowest BCUT2D eigenvalue weighted by molar-refractivity contribution is 0.103. The molecule has 0 aliphatic heterocycles. The minimum absolute atomic E-state index is 0.182. The number of thiophene rings is 1. The number of hydrogen-bond acceptors (Lipinski definition) is 5. The van der Waals surface area contributed by atoms with Crippen molar-refractivity contribution in [1.29, 1.82) is 0 Å². The molecule has 116 valence electrons. The van der Waals surface area contributed by atoms with E-state index in [1.165, 1.54) is 11.3 Å². The van der Waals surface area contributed by atoms with E-state index in [0.29, 0.717) is 16.5 Å². The monoisotopic (exact) mass is 388 g/mol. The van der Waals surface area contributed by atoms with Gasteiger partial charge in [0.15, 0.2) is 11.6 Å². The predicted molar refractivity (Wildman–Crippen MR) is 96.5 cm³/mol. The van der Waals surface area contributed by atoms with Gasteiger partial charge in [-0.15, -0.1) is 21.5 Å². The number of anilines is 3. The standard InChI is InChI=1S/C16H13BrN4OS/c1-10-9-11(4-5-12(10)17)18-14-6-7-15(21-20-14)19-16(22)13-3-2-8-23-13/h2-9H,1H3,(H,18,20)(H,19,21,22). The zero-order valence-electron chi connectivity index (χ0n) is 12.2. The van der Waals surface area contributed by atoms with Crippen LogP contribution in [0.4, 0.5) is 17.3 Å². The van der Waals surface area contributed by atoms with E-state index in [1.807, 2.05) is 36.6 Å². The number of carbonyl (C=O) groups excluding carboxylic acids is 1. The first-order valence-electron chi connectivity index (χ1n) is 6.83. The van der Waals surface area contributed by atoms with Gasteiger partial charge in [0.25, 0.3) is 5.91 Å². The quantitative estimate of drug-likeness (QED) is 0.684. The Hall–Kier alpha value is -2.25. The van der Waals surface area contributed by atoms with Crippen molar-refractivity contribution in [2.75, 3.05) is 10.6 Å². The van der Waals surface area contributed by atoms with Gasteiger partial charge in [-0.2, -0.15) is 0 Å². The third-order valence-corrected chi connectivity index (χ3v) is 4.84. The molecule has 0 fully saturated rings. The Labute approximate surface area is 145 Å². The number of aromatic nitrogens is 2. The van der Waals surface area contributed by atoms with Gasteiger partial charge in [0.1, 0.15) is 0 Å². The first kappa shape index (κ1) is 15.6. The molecule has 3 aromatic rings. The molecule has 7 heteroatoms. The highest BCUT2D eigenvalue weighted by Gasteiger charge is 2.08. The minimum atomic E-state index is -0.182. The molecule has 1 amide bonds. The molecule has 0 atom stereocenters. The van der Waals surface area contributed by atoms with E-state index in [1.54, 1.807) is 18.2 Å². The van der Waals surface area contributed by atoms with Crippen LogP contribution in [-0.2, 0) is 0 Å². The van der Waals surface area contributed by atoms with E-state index >= 15 is 0 Å². The number of rotatable bonds is 4. The van der Waals surface area contributed by atoms with Crippen LogP contribution >= 0.6 is 27.3 Å². The molecule has 0 bridgehead atoms. The topological polar surface area (TPSA) is 66.9 Å². The summed E-state index contributed by atoms with van der Waals surface area (Å²) in [6, 6.07) is 13.0. The van der Waals surface area contributed by atoms with Gasteiger partial charge in [0, 0.05) is 10.2 Å². The highest BCUT2D eigenvalue weighted by Crippen LogP contribution is 2.22. The fourth-order valence-corrected chi connectivity index (χ4v) is 2.79. The van der Waals surface area contributed by atoms with Crippen LogP contribution in [0.5, 0.6) is 0 Å². The molecule has 0 saturated carbocycles. The number of nitrogens with one attached hydrogen (secondary N) is 2. The highest BCUT2D eigenvalue weighted by molar-refractivity contribution is 9.10. The van der Waals surface area contributed by atoms with Crippen molar-refractivity contribution >= 4 is 50.5 Å². The van der Waals surface area contributed by atoms with Crippen molar-refractivity contribution in [2.45, 2.75) is 6.92 Å². The van der Waals surface area contributed by atoms with Crippen molar-refractivity contribution in [2.24, 2.45) is 0 Å². The molecule has 5 nitrogen and oxygen atoms in total. The number of benzene rings is 1. The maximum Gasteiger partial charge on any atom is 0.266 e. The molecule has 2 heterocycles. The van der Waals surface area contributed by atoms with Crippen LogP contribution in [0.2, 0.25) is 0 Å². The number of amides is 1. The molecule has 0 unspecified atom stereocenters. The molecular formula is C16H13BrN4OS. The van der Waals surface area contributed by atoms with Crippen molar-refractivity contribution in [1.82, 2.24) is 10.2 Å². The first-order valence-corrected chi connectivity index (χ1v) is 8.51. The fraction of sp³-hybridized carbons (Fsp3) is 0.0625. The van der Waals surface area contributed by atoms with Crippen molar-refractivity contribution < 1.29 is 4.79 Å². The first-order chi connectivity index (χ1) is 11.1. The number of hydrogen-bond donors (Lipinski definition) is 2. The van der Waals surface area contributed by atoms with Gasteiger partial charge in [-0.1, -0.05) is 22.0 Å². The maximum atomic E-state index is 11.9. The average molecular weight is 389 g/mol. The largest absolute Gasteiger partial charge is 0.339 e. The van der Waals surface area contributed by atoms with Gasteiger partial charge in [0.2, 0.25) is 0 Å². The summed E-state index contributed by atoms with van der Waals surface area (Å²) in [6.45, 7) is 2.02. The fourth-order valence-electron chi connectivity index (χ4n) is 1.92. The van der Waals surface area contributed by atoms with Crippen molar-refractivity contribution in [3.63, 3.8) is 0 Å². The van der Waals surface area contributed by atoms with E-state index in [-0.39, 0.29) is 5.91 Å². The Kier molecular flexibility index (Phi) is 4.68. The predicted octanol–water partition coefficient (Wildman–Crippen LogP) is 4.60. The normalized spacial score (nSPS) is 10.3. The average Bonchev–Trinajstić information content (AvgIpc) is 3.07. The lowest BCUT2D eigenvalue weighted by Gasteiger charge is -2.08. The molecule has 2 N–H and O–H groups in total. The molecule has 2 aromatic heterocycles. The Morgan fingerprint density at radius 3 is 2.57 bits per heavy atom. The van der Waals surface area contributed by atoms with Crippen LogP contribution < -0.4 is 10.6 Å². The number of nitrogens with zero attached hydrogens (tertiary/aromatic N) is 2. The summed E-state index contributed by atoms with van der Waals surface area (Å²) in [5.41, 5.74) is 2.05. The number of aryl methyl sites for hydroxylation is 1. The summed E-state index contributed by atoms with van der Waals surface area (Å²) in [5, 5.41) is 15.8. The smallest absolute Gasteiger partial charge is 0.266 e. The summed E-state index contributed by atoms with van der Waals surface area (Å²) in [5.74, 6) is 0.848. The summed E-state index contributed by atoms with van der Waals surface area (Å²) < 4.78 is 1.06. The second kappa shape index (κ2) is 6.89. The van der Waals surface area contributed by atoms with E-state index in [0.717, 1.165) is 15.7 Å². The second-order valence-corrected chi connectivity index (χ2v) is 6.63. The van der Waals surface area contributed by atoms with Gasteiger partial charge in [-0.25, -0.2) is 0 Å². The third kappa shape index (κ3) is 3.94. The minimum Gasteiger partial charge on any atom is -0.339 e. The Balaban J connectivity index is 1.67. The van der Waals surface area contributed by atoms with E-state index in [4.69, 9.17) is 0 Å². The van der Waals surface area contributed by atoms with Gasteiger partial charge in [0.05, 0.1) is 4.88 Å². The molecule has 0 aliphatic rings. The van der Waals surface area contributed by atoms with Crippen molar-refractivity contribution in [3.05, 3.63) is 62.8 Å². The Bertz CT molecular complexity index is 819. The van der Waals surface area contributed by atoms with Crippen LogP contribution in [0.15, 0.2) is 52.3 Å². The van der Waals surface area contributed by atoms with Gasteiger partial charge < -0.3 is 10.6 Å². The van der Waals surface area contributed by atoms with Crippen LogP contribution in [0.1, 0.15) is 15.2 Å². The number of carbonyl (C=O) groups is 1. The van der Waals surface area contributed by atoms with E-state index < -0.39 is 0 Å². The van der Waals surface area contributed by atoms with Gasteiger partial charge >= 0.3 is 0 Å². The zero-order chi connectivity index (χ0) is 16.2. The third-order valence-electron chi connectivity index (χ3n) is 3.08. The van der Waals surface area contributed by atoms with E-state index in [9.17, 15) is 4.79 Å². The molecule has 3 rings (SSSR count). The van der Waals surface area contributed by atoms with Gasteiger partial charge in [-0.3, -0.25) is 4.79 Å². The second-order valence-electron chi connectivity index (χ2n) is 4.82. The van der Waals surface area contributed by atoms with Gasteiger partial charge in [-0.05, 0) is 54.3 Å². The van der Waals surface area contributed by atoms with Crippen LogP contribution in [-0.4, -0.2) is 16.1 Å². The Morgan fingerprint density at radius 2 is 1.91 bits per heavy atom. The van der Waals surface area contributed by atoms with E-state index in [2.05, 4.69) is 36.8 Å². The highest BCUT2D eigenvalue weighted by atomic mass is 79.9. The Morgan fingerprint density at radius 1 is 1.13 bits per heavy atom.